The molecule has 1 saturated carbocycles. The molecule has 42 valence electrons. The molecule has 1 fully saturated rings. The molecule has 0 bridgehead atoms. The molecule has 1 heteroatoms. The molecule has 0 aromatic heterocycles. The van der Waals surface area contributed by atoms with Crippen molar-refractivity contribution in [1.82, 2.24) is 0 Å². The SMILES string of the molecule is O=C1CC12CC=CC2. The van der Waals surface area contributed by atoms with E-state index in [-0.39, 0.29) is 5.41 Å². The van der Waals surface area contributed by atoms with E-state index in [4.69, 9.17) is 0 Å². The number of hydrogen-bond acceptors (Lipinski definition) is 1. The van der Waals surface area contributed by atoms with E-state index < -0.39 is 0 Å². The van der Waals surface area contributed by atoms with Crippen molar-refractivity contribution in [2.45, 2.75) is 19.3 Å². The van der Waals surface area contributed by atoms with Crippen LogP contribution in [0.2, 0.25) is 0 Å². The van der Waals surface area contributed by atoms with Crippen molar-refractivity contribution in [1.29, 1.82) is 0 Å². The molecule has 0 amide bonds. The lowest BCUT2D eigenvalue weighted by atomic mass is 10.1. The normalized spacial score (nSPS) is 29.8. The fraction of sp³-hybridized carbons (Fsp3) is 0.571. The molecule has 2 aliphatic rings. The van der Waals surface area contributed by atoms with Crippen molar-refractivity contribution in [3.8, 4) is 0 Å². The Balaban J connectivity index is 2.21. The van der Waals surface area contributed by atoms with E-state index in [1.54, 1.807) is 0 Å². The molecule has 0 N–H and O–H groups in total. The monoisotopic (exact) mass is 108 g/mol. The minimum Gasteiger partial charge on any atom is -0.299 e. The van der Waals surface area contributed by atoms with Crippen LogP contribution in [0.1, 0.15) is 19.3 Å². The molecule has 0 saturated heterocycles. The van der Waals surface area contributed by atoms with Gasteiger partial charge in [0.1, 0.15) is 5.78 Å². The minimum absolute atomic E-state index is 0.153. The standard InChI is InChI=1S/C7H8O/c8-6-5-7(6)3-1-2-4-7/h1-2H,3-5H2. The van der Waals surface area contributed by atoms with Gasteiger partial charge in [-0.2, -0.15) is 0 Å². The zero-order valence-electron chi connectivity index (χ0n) is 4.68. The zero-order valence-corrected chi connectivity index (χ0v) is 4.68. The van der Waals surface area contributed by atoms with Crippen molar-refractivity contribution in [3.05, 3.63) is 12.2 Å². The van der Waals surface area contributed by atoms with Crippen molar-refractivity contribution >= 4 is 5.78 Å². The van der Waals surface area contributed by atoms with E-state index in [1.165, 1.54) is 0 Å². The van der Waals surface area contributed by atoms with Gasteiger partial charge in [0.15, 0.2) is 0 Å². The maximum Gasteiger partial charge on any atom is 0.141 e. The molecule has 2 rings (SSSR count). The Morgan fingerprint density at radius 3 is 2.12 bits per heavy atom. The van der Waals surface area contributed by atoms with Crippen LogP contribution < -0.4 is 0 Å². The summed E-state index contributed by atoms with van der Waals surface area (Å²) < 4.78 is 0. The van der Waals surface area contributed by atoms with Crippen LogP contribution in [0, 0.1) is 5.41 Å². The Morgan fingerprint density at radius 2 is 1.88 bits per heavy atom. The Hall–Kier alpha value is -0.590. The quantitative estimate of drug-likeness (QED) is 0.427. The summed E-state index contributed by atoms with van der Waals surface area (Å²) in [6.45, 7) is 0. The molecule has 1 spiro atoms. The second-order valence-electron chi connectivity index (χ2n) is 2.76. The van der Waals surface area contributed by atoms with Crippen LogP contribution in [0.25, 0.3) is 0 Å². The van der Waals surface area contributed by atoms with Crippen molar-refractivity contribution in [3.63, 3.8) is 0 Å². The van der Waals surface area contributed by atoms with Gasteiger partial charge in [0.2, 0.25) is 0 Å². The summed E-state index contributed by atoms with van der Waals surface area (Å²) >= 11 is 0. The van der Waals surface area contributed by atoms with Crippen LogP contribution in [0.5, 0.6) is 0 Å². The Kier molecular flexibility index (Phi) is 0.561. The molecule has 0 heterocycles. The highest BCUT2D eigenvalue weighted by Gasteiger charge is 2.52. The molecule has 2 aliphatic carbocycles. The minimum atomic E-state index is 0.153. The first-order chi connectivity index (χ1) is 3.83. The third kappa shape index (κ3) is 0.347. The summed E-state index contributed by atoms with van der Waals surface area (Å²) in [6, 6.07) is 0. The third-order valence-electron chi connectivity index (χ3n) is 2.15. The first kappa shape index (κ1) is 4.30. The van der Waals surface area contributed by atoms with Gasteiger partial charge in [0.05, 0.1) is 0 Å². The maximum absolute atomic E-state index is 10.7. The molecule has 0 aromatic carbocycles. The van der Waals surface area contributed by atoms with E-state index in [0.29, 0.717) is 5.78 Å². The lowest BCUT2D eigenvalue weighted by Crippen LogP contribution is -1.94. The molecule has 0 aromatic rings. The summed E-state index contributed by atoms with van der Waals surface area (Å²) in [5.74, 6) is 0.475. The number of allylic oxidation sites excluding steroid dienone is 2. The van der Waals surface area contributed by atoms with E-state index in [2.05, 4.69) is 12.2 Å². The number of Topliss-reactive ketones (excluding diaryl/α,β-unsaturated/α-hetero) is 1. The highest BCUT2D eigenvalue weighted by molar-refractivity contribution is 6.01. The largest absolute Gasteiger partial charge is 0.299 e. The molecule has 0 radical (unpaired) electrons. The molecule has 8 heavy (non-hydrogen) atoms. The predicted molar refractivity (Wildman–Crippen MR) is 30.4 cm³/mol. The van der Waals surface area contributed by atoms with E-state index in [0.717, 1.165) is 19.3 Å². The van der Waals surface area contributed by atoms with Gasteiger partial charge in [-0.1, -0.05) is 12.2 Å². The maximum atomic E-state index is 10.7. The Morgan fingerprint density at radius 1 is 1.38 bits per heavy atom. The van der Waals surface area contributed by atoms with Gasteiger partial charge in [-0.05, 0) is 12.8 Å². The molecule has 0 atom stereocenters. The molecule has 0 aliphatic heterocycles. The first-order valence-corrected chi connectivity index (χ1v) is 3.02. The van der Waals surface area contributed by atoms with Gasteiger partial charge < -0.3 is 0 Å². The summed E-state index contributed by atoms with van der Waals surface area (Å²) in [4.78, 5) is 10.7. The smallest absolute Gasteiger partial charge is 0.141 e. The van der Waals surface area contributed by atoms with Crippen LogP contribution in [0.15, 0.2) is 12.2 Å². The third-order valence-corrected chi connectivity index (χ3v) is 2.15. The number of hydrogen-bond donors (Lipinski definition) is 0. The Labute approximate surface area is 48.4 Å². The van der Waals surface area contributed by atoms with Gasteiger partial charge in [0, 0.05) is 11.8 Å². The summed E-state index contributed by atoms with van der Waals surface area (Å²) in [5, 5.41) is 0. The molecular weight excluding hydrogens is 100 g/mol. The Bertz CT molecular complexity index is 159. The van der Waals surface area contributed by atoms with Crippen LogP contribution >= 0.6 is 0 Å². The lowest BCUT2D eigenvalue weighted by molar-refractivity contribution is -0.112. The molecule has 1 nitrogen and oxygen atoms in total. The van der Waals surface area contributed by atoms with Crippen LogP contribution in [0.3, 0.4) is 0 Å². The second kappa shape index (κ2) is 1.04. The van der Waals surface area contributed by atoms with Gasteiger partial charge in [-0.3, -0.25) is 4.79 Å². The number of rotatable bonds is 0. The fourth-order valence-corrected chi connectivity index (χ4v) is 1.34. The van der Waals surface area contributed by atoms with E-state index >= 15 is 0 Å². The topological polar surface area (TPSA) is 17.1 Å². The van der Waals surface area contributed by atoms with Gasteiger partial charge >= 0.3 is 0 Å². The van der Waals surface area contributed by atoms with Crippen molar-refractivity contribution < 1.29 is 4.79 Å². The second-order valence-corrected chi connectivity index (χ2v) is 2.76. The summed E-state index contributed by atoms with van der Waals surface area (Å²) in [7, 11) is 0. The van der Waals surface area contributed by atoms with E-state index in [1.807, 2.05) is 0 Å². The summed E-state index contributed by atoms with van der Waals surface area (Å²) in [6.07, 6.45) is 7.12. The van der Waals surface area contributed by atoms with Gasteiger partial charge in [-0.25, -0.2) is 0 Å². The highest BCUT2D eigenvalue weighted by Crippen LogP contribution is 2.51. The average molecular weight is 108 g/mol. The highest BCUT2D eigenvalue weighted by atomic mass is 16.1. The first-order valence-electron chi connectivity index (χ1n) is 3.02. The number of ketones is 1. The van der Waals surface area contributed by atoms with Gasteiger partial charge in [-0.15, -0.1) is 0 Å². The number of carbonyl (C=O) groups excluding carboxylic acids is 1. The number of carbonyl (C=O) groups is 1. The predicted octanol–water partition coefficient (Wildman–Crippen LogP) is 1.30. The van der Waals surface area contributed by atoms with Crippen LogP contribution in [-0.4, -0.2) is 5.78 Å². The van der Waals surface area contributed by atoms with Gasteiger partial charge in [0.25, 0.3) is 0 Å². The molecular formula is C7H8O. The zero-order chi connectivity index (χ0) is 5.61. The lowest BCUT2D eigenvalue weighted by Gasteiger charge is -1.95. The van der Waals surface area contributed by atoms with Crippen molar-refractivity contribution in [2.24, 2.45) is 5.41 Å². The van der Waals surface area contributed by atoms with Crippen LogP contribution in [0.4, 0.5) is 0 Å². The average Bonchev–Trinajstić information content (AvgIpc) is 2.29. The van der Waals surface area contributed by atoms with Crippen molar-refractivity contribution in [2.75, 3.05) is 0 Å². The van der Waals surface area contributed by atoms with Crippen LogP contribution in [-0.2, 0) is 4.79 Å². The molecule has 0 unspecified atom stereocenters. The summed E-state index contributed by atoms with van der Waals surface area (Å²) in [5.41, 5.74) is 0.153. The van der Waals surface area contributed by atoms with E-state index in [9.17, 15) is 4.79 Å². The fourth-order valence-electron chi connectivity index (χ4n) is 1.34.